The van der Waals surface area contributed by atoms with Crippen LogP contribution in [0, 0.1) is 6.92 Å². The molecule has 0 radical (unpaired) electrons. The number of likely N-dealkylation sites (tertiary alicyclic amines) is 1. The number of carbonyl (C=O) groups is 2. The lowest BCUT2D eigenvalue weighted by Crippen LogP contribution is -2.34. The van der Waals surface area contributed by atoms with Gasteiger partial charge in [-0.3, -0.25) is 9.59 Å². The molecular weight excluding hydrogens is 452 g/mol. The van der Waals surface area contributed by atoms with E-state index in [4.69, 9.17) is 0 Å². The lowest BCUT2D eigenvalue weighted by Gasteiger charge is -2.31. The van der Waals surface area contributed by atoms with Crippen molar-refractivity contribution < 1.29 is 9.59 Å². The first-order chi connectivity index (χ1) is 17.1. The van der Waals surface area contributed by atoms with Crippen LogP contribution in [0.15, 0.2) is 82.6 Å². The predicted molar refractivity (Wildman–Crippen MR) is 143 cm³/mol. The minimum Gasteiger partial charge on any atom is -0.339 e. The Labute approximate surface area is 211 Å². The van der Waals surface area contributed by atoms with Gasteiger partial charge in [-0.05, 0) is 66.8 Å². The van der Waals surface area contributed by atoms with E-state index in [1.165, 1.54) is 30.2 Å². The van der Waals surface area contributed by atoms with Crippen molar-refractivity contribution in [3.8, 4) is 0 Å². The van der Waals surface area contributed by atoms with E-state index >= 15 is 0 Å². The van der Waals surface area contributed by atoms with Crippen LogP contribution in [0.2, 0.25) is 0 Å². The van der Waals surface area contributed by atoms with Crippen molar-refractivity contribution >= 4 is 35.3 Å². The fourth-order valence-electron chi connectivity index (χ4n) is 4.71. The number of hydrogen-bond acceptors (Lipinski definition) is 3. The normalized spacial score (nSPS) is 17.3. The molecule has 0 atom stereocenters. The van der Waals surface area contributed by atoms with E-state index in [2.05, 4.69) is 25.1 Å². The molecule has 0 unspecified atom stereocenters. The Morgan fingerprint density at radius 1 is 0.886 bits per heavy atom. The Hall–Kier alpha value is -3.31. The van der Waals surface area contributed by atoms with Gasteiger partial charge in [-0.15, -0.1) is 0 Å². The molecular formula is C30H30N2O2S. The minimum absolute atomic E-state index is 0.00155. The molecule has 35 heavy (non-hydrogen) atoms. The van der Waals surface area contributed by atoms with Crippen LogP contribution in [0.5, 0.6) is 0 Å². The molecule has 1 fully saturated rings. The quantitative estimate of drug-likeness (QED) is 0.389. The number of para-hydroxylation sites is 1. The third kappa shape index (κ3) is 5.20. The zero-order valence-electron chi connectivity index (χ0n) is 20.1. The van der Waals surface area contributed by atoms with Gasteiger partial charge in [0, 0.05) is 23.5 Å². The van der Waals surface area contributed by atoms with Crippen LogP contribution in [0.4, 0.5) is 5.69 Å². The van der Waals surface area contributed by atoms with E-state index in [0.29, 0.717) is 17.0 Å². The average molecular weight is 483 g/mol. The molecule has 0 spiro atoms. The van der Waals surface area contributed by atoms with Crippen LogP contribution in [0.25, 0.3) is 6.08 Å². The molecule has 0 bridgehead atoms. The third-order valence-corrected chi connectivity index (χ3v) is 7.85. The van der Waals surface area contributed by atoms with Crippen molar-refractivity contribution in [2.24, 2.45) is 0 Å². The lowest BCUT2D eigenvalue weighted by atomic mass is 10.1. The minimum atomic E-state index is 0.00155. The first kappa shape index (κ1) is 23.4. The van der Waals surface area contributed by atoms with Crippen LogP contribution in [0.3, 0.4) is 0 Å². The van der Waals surface area contributed by atoms with Gasteiger partial charge in [-0.25, -0.2) is 0 Å². The number of hydrogen-bond donors (Lipinski definition) is 0. The third-order valence-electron chi connectivity index (χ3n) is 6.77. The number of thioether (sulfide) groups is 1. The van der Waals surface area contributed by atoms with Gasteiger partial charge in [0.25, 0.3) is 11.8 Å². The first-order valence-corrected chi connectivity index (χ1v) is 13.2. The number of rotatable bonds is 4. The van der Waals surface area contributed by atoms with Gasteiger partial charge in [0.05, 0.1) is 17.1 Å². The van der Waals surface area contributed by atoms with Gasteiger partial charge in [0.1, 0.15) is 0 Å². The second-order valence-electron chi connectivity index (χ2n) is 9.22. The van der Waals surface area contributed by atoms with E-state index < -0.39 is 0 Å². The zero-order valence-corrected chi connectivity index (χ0v) is 20.9. The standard InChI is InChI=1S/C30H30N2O2S/c1-22-10-4-5-11-25(22)21-32-26-12-6-7-13-27(26)35-28(30(32)34)20-23-14-16-24(17-15-23)29(33)31-18-8-2-3-9-19-31/h4-7,10-17,20H,2-3,8-9,18-19,21H2,1H3/b28-20+. The Bertz CT molecular complexity index is 1260. The molecule has 3 aromatic carbocycles. The Morgan fingerprint density at radius 3 is 2.31 bits per heavy atom. The highest BCUT2D eigenvalue weighted by molar-refractivity contribution is 8.04. The van der Waals surface area contributed by atoms with Crippen molar-refractivity contribution in [3.05, 3.63) is 100.0 Å². The molecule has 2 aliphatic rings. The van der Waals surface area contributed by atoms with Gasteiger partial charge >= 0.3 is 0 Å². The highest BCUT2D eigenvalue weighted by Crippen LogP contribution is 2.42. The number of anilines is 1. The second-order valence-corrected chi connectivity index (χ2v) is 10.3. The maximum Gasteiger partial charge on any atom is 0.265 e. The number of carbonyl (C=O) groups excluding carboxylic acids is 2. The maximum absolute atomic E-state index is 13.6. The van der Waals surface area contributed by atoms with Gasteiger partial charge < -0.3 is 9.80 Å². The molecule has 5 heteroatoms. The summed E-state index contributed by atoms with van der Waals surface area (Å²) < 4.78 is 0. The molecule has 2 aliphatic heterocycles. The predicted octanol–water partition coefficient (Wildman–Crippen LogP) is 6.69. The molecule has 0 aliphatic carbocycles. The highest BCUT2D eigenvalue weighted by Gasteiger charge is 2.29. The van der Waals surface area contributed by atoms with Crippen LogP contribution in [-0.4, -0.2) is 29.8 Å². The number of nitrogens with zero attached hydrogens (tertiary/aromatic N) is 2. The maximum atomic E-state index is 13.6. The van der Waals surface area contributed by atoms with Crippen molar-refractivity contribution in [1.82, 2.24) is 4.90 Å². The second kappa shape index (κ2) is 10.5. The van der Waals surface area contributed by atoms with Crippen LogP contribution >= 0.6 is 11.8 Å². The number of benzene rings is 3. The summed E-state index contributed by atoms with van der Waals surface area (Å²) >= 11 is 1.51. The fraction of sp³-hybridized carbons (Fsp3) is 0.267. The molecule has 3 aromatic rings. The van der Waals surface area contributed by atoms with Gasteiger partial charge in [0.15, 0.2) is 0 Å². The molecule has 2 heterocycles. The number of aryl methyl sites for hydroxylation is 1. The van der Waals surface area contributed by atoms with Crippen LogP contribution in [0.1, 0.15) is 52.7 Å². The largest absolute Gasteiger partial charge is 0.339 e. The summed E-state index contributed by atoms with van der Waals surface area (Å²) in [6.07, 6.45) is 6.50. The van der Waals surface area contributed by atoms with Crippen molar-refractivity contribution in [2.75, 3.05) is 18.0 Å². The molecule has 0 saturated carbocycles. The molecule has 1 saturated heterocycles. The summed E-state index contributed by atoms with van der Waals surface area (Å²) in [5, 5.41) is 0. The van der Waals surface area contributed by atoms with Gasteiger partial charge in [-0.2, -0.15) is 0 Å². The van der Waals surface area contributed by atoms with Crippen molar-refractivity contribution in [1.29, 1.82) is 0 Å². The van der Waals surface area contributed by atoms with E-state index in [1.807, 2.05) is 70.5 Å². The Kier molecular flexibility index (Phi) is 7.05. The molecule has 4 nitrogen and oxygen atoms in total. The van der Waals surface area contributed by atoms with Crippen molar-refractivity contribution in [3.63, 3.8) is 0 Å². The molecule has 2 amide bonds. The number of fused-ring (bicyclic) bond motifs is 1. The summed E-state index contributed by atoms with van der Waals surface area (Å²) in [7, 11) is 0. The average Bonchev–Trinajstić information content (AvgIpc) is 3.17. The van der Waals surface area contributed by atoms with Crippen LogP contribution < -0.4 is 4.90 Å². The monoisotopic (exact) mass is 482 g/mol. The summed E-state index contributed by atoms with van der Waals surface area (Å²) in [5.41, 5.74) is 4.89. The van der Waals surface area contributed by atoms with E-state index in [0.717, 1.165) is 47.6 Å². The van der Waals surface area contributed by atoms with Gasteiger partial charge in [-0.1, -0.05) is 73.1 Å². The van der Waals surface area contributed by atoms with E-state index in [1.54, 1.807) is 0 Å². The Morgan fingerprint density at radius 2 is 1.57 bits per heavy atom. The molecule has 0 N–H and O–H groups in total. The van der Waals surface area contributed by atoms with Gasteiger partial charge in [0.2, 0.25) is 0 Å². The summed E-state index contributed by atoms with van der Waals surface area (Å²) in [4.78, 5) is 32.1. The number of amides is 2. The van der Waals surface area contributed by atoms with Crippen molar-refractivity contribution in [2.45, 2.75) is 44.0 Å². The molecule has 5 rings (SSSR count). The highest BCUT2D eigenvalue weighted by atomic mass is 32.2. The lowest BCUT2D eigenvalue weighted by molar-refractivity contribution is -0.114. The van der Waals surface area contributed by atoms with E-state index in [9.17, 15) is 9.59 Å². The van der Waals surface area contributed by atoms with Crippen LogP contribution in [-0.2, 0) is 11.3 Å². The Balaban J connectivity index is 1.39. The molecule has 178 valence electrons. The fourth-order valence-corrected chi connectivity index (χ4v) is 5.77. The molecule has 0 aromatic heterocycles. The topological polar surface area (TPSA) is 40.6 Å². The summed E-state index contributed by atoms with van der Waals surface area (Å²) in [5.74, 6) is 0.106. The van der Waals surface area contributed by atoms with E-state index in [-0.39, 0.29) is 11.8 Å². The summed E-state index contributed by atoms with van der Waals surface area (Å²) in [6, 6.07) is 23.9. The zero-order chi connectivity index (χ0) is 24.2. The first-order valence-electron chi connectivity index (χ1n) is 12.3. The smallest absolute Gasteiger partial charge is 0.265 e. The SMILES string of the molecule is Cc1ccccc1CN1C(=O)/C(=C\c2ccc(C(=O)N3CCCCCC3)cc2)Sc2ccccc21. The summed E-state index contributed by atoms with van der Waals surface area (Å²) in [6.45, 7) is 4.29.